The van der Waals surface area contributed by atoms with E-state index in [4.69, 9.17) is 14.7 Å². The summed E-state index contributed by atoms with van der Waals surface area (Å²) in [6, 6.07) is 18.9. The average molecular weight is 474 g/mol. The van der Waals surface area contributed by atoms with E-state index in [0.29, 0.717) is 16.4 Å². The first kappa shape index (κ1) is 23.9. The third-order valence-corrected chi connectivity index (χ3v) is 6.74. The van der Waals surface area contributed by atoms with E-state index in [1.807, 2.05) is 24.5 Å². The van der Waals surface area contributed by atoms with Crippen molar-refractivity contribution in [3.8, 4) is 23.1 Å². The first-order chi connectivity index (χ1) is 16.4. The molecule has 2 heterocycles. The summed E-state index contributed by atoms with van der Waals surface area (Å²) in [4.78, 5) is 14.0. The molecule has 1 aliphatic rings. The summed E-state index contributed by atoms with van der Waals surface area (Å²) in [6.07, 6.45) is 1.97. The number of para-hydroxylation sites is 2. The van der Waals surface area contributed by atoms with Gasteiger partial charge in [-0.1, -0.05) is 68.9 Å². The molecule has 34 heavy (non-hydrogen) atoms. The van der Waals surface area contributed by atoms with Crippen molar-refractivity contribution in [1.29, 1.82) is 5.26 Å². The largest absolute Gasteiger partial charge is 0.495 e. The molecule has 0 spiro atoms. The number of aromatic nitrogens is 2. The summed E-state index contributed by atoms with van der Waals surface area (Å²) in [5.74, 6) is 1.60. The summed E-state index contributed by atoms with van der Waals surface area (Å²) in [7, 11) is 1.70. The standard InChI is InChI=1S/C27H31N5OS/c1-27(2,3)20-12-10-19(11-13-20)24-21(18-28)25(30-26(29-24)34-5)32-16-14-31(15-17-32)22-8-6-7-9-23(22)33-4/h6-13H,14-17H2,1-5H3. The Balaban J connectivity index is 1.65. The van der Waals surface area contributed by atoms with Crippen LogP contribution in [0, 0.1) is 11.3 Å². The van der Waals surface area contributed by atoms with Crippen LogP contribution in [0.4, 0.5) is 11.5 Å². The summed E-state index contributed by atoms with van der Waals surface area (Å²) in [5.41, 5.74) is 4.59. The smallest absolute Gasteiger partial charge is 0.189 e. The number of nitrogens with zero attached hydrogens (tertiary/aromatic N) is 5. The number of piperazine rings is 1. The van der Waals surface area contributed by atoms with Crippen LogP contribution in [0.3, 0.4) is 0 Å². The molecule has 2 aromatic carbocycles. The highest BCUT2D eigenvalue weighted by Crippen LogP contribution is 2.34. The van der Waals surface area contributed by atoms with Crippen molar-refractivity contribution in [2.24, 2.45) is 0 Å². The Morgan fingerprint density at radius 2 is 1.59 bits per heavy atom. The number of hydrogen-bond acceptors (Lipinski definition) is 7. The maximum atomic E-state index is 10.1. The molecule has 176 valence electrons. The molecule has 1 aromatic heterocycles. The van der Waals surface area contributed by atoms with Gasteiger partial charge < -0.3 is 14.5 Å². The molecule has 0 aliphatic carbocycles. The van der Waals surface area contributed by atoms with Crippen LogP contribution in [0.15, 0.2) is 53.7 Å². The van der Waals surface area contributed by atoms with Crippen molar-refractivity contribution in [3.05, 3.63) is 59.7 Å². The highest BCUT2D eigenvalue weighted by Gasteiger charge is 2.25. The predicted octanol–water partition coefficient (Wildman–Crippen LogP) is 5.37. The summed E-state index contributed by atoms with van der Waals surface area (Å²) < 4.78 is 5.55. The minimum absolute atomic E-state index is 0.0684. The Morgan fingerprint density at radius 1 is 0.941 bits per heavy atom. The first-order valence-electron chi connectivity index (χ1n) is 11.5. The van der Waals surface area contributed by atoms with Crippen LogP contribution >= 0.6 is 11.8 Å². The van der Waals surface area contributed by atoms with Gasteiger partial charge in [0.15, 0.2) is 11.0 Å². The number of anilines is 2. The molecule has 4 rings (SSSR count). The Bertz CT molecular complexity index is 1190. The van der Waals surface area contributed by atoms with Gasteiger partial charge in [-0.2, -0.15) is 5.26 Å². The minimum Gasteiger partial charge on any atom is -0.495 e. The second-order valence-corrected chi connectivity index (χ2v) is 10.1. The van der Waals surface area contributed by atoms with Crippen LogP contribution in [-0.4, -0.2) is 49.5 Å². The van der Waals surface area contributed by atoms with E-state index in [0.717, 1.165) is 49.0 Å². The first-order valence-corrected chi connectivity index (χ1v) is 12.7. The second kappa shape index (κ2) is 9.94. The molecule has 7 heteroatoms. The predicted molar refractivity (Wildman–Crippen MR) is 140 cm³/mol. The SMILES string of the molecule is COc1ccccc1N1CCN(c2nc(SC)nc(-c3ccc(C(C)(C)C)cc3)c2C#N)CC1. The summed E-state index contributed by atoms with van der Waals surface area (Å²) >= 11 is 1.50. The van der Waals surface area contributed by atoms with Crippen molar-refractivity contribution in [3.63, 3.8) is 0 Å². The van der Waals surface area contributed by atoms with Crippen molar-refractivity contribution in [1.82, 2.24) is 9.97 Å². The molecule has 0 N–H and O–H groups in total. The van der Waals surface area contributed by atoms with E-state index in [9.17, 15) is 5.26 Å². The lowest BCUT2D eigenvalue weighted by atomic mass is 9.86. The van der Waals surface area contributed by atoms with E-state index in [-0.39, 0.29) is 5.41 Å². The molecule has 1 saturated heterocycles. The number of methoxy groups -OCH3 is 1. The second-order valence-electron chi connectivity index (χ2n) is 9.34. The highest BCUT2D eigenvalue weighted by atomic mass is 32.2. The molecule has 3 aromatic rings. The average Bonchev–Trinajstić information content (AvgIpc) is 2.87. The van der Waals surface area contributed by atoms with Crippen molar-refractivity contribution in [2.45, 2.75) is 31.3 Å². The molecule has 0 radical (unpaired) electrons. The van der Waals surface area contributed by atoms with Gasteiger partial charge in [0.2, 0.25) is 0 Å². The van der Waals surface area contributed by atoms with Gasteiger partial charge in [0.05, 0.1) is 18.5 Å². The lowest BCUT2D eigenvalue weighted by Gasteiger charge is -2.37. The minimum atomic E-state index is 0.0684. The Labute approximate surface area is 206 Å². The highest BCUT2D eigenvalue weighted by molar-refractivity contribution is 7.98. The number of benzene rings is 2. The van der Waals surface area contributed by atoms with Gasteiger partial charge in [0.25, 0.3) is 0 Å². The van der Waals surface area contributed by atoms with Gasteiger partial charge in [-0.25, -0.2) is 9.97 Å². The molecule has 6 nitrogen and oxygen atoms in total. The van der Waals surface area contributed by atoms with Crippen LogP contribution in [0.2, 0.25) is 0 Å². The molecular formula is C27H31N5OS. The van der Waals surface area contributed by atoms with Gasteiger partial charge in [0.1, 0.15) is 17.4 Å². The van der Waals surface area contributed by atoms with Gasteiger partial charge in [-0.05, 0) is 29.4 Å². The van der Waals surface area contributed by atoms with E-state index in [1.54, 1.807) is 7.11 Å². The maximum Gasteiger partial charge on any atom is 0.189 e. The fraction of sp³-hybridized carbons (Fsp3) is 0.370. The number of thioether (sulfide) groups is 1. The zero-order chi connectivity index (χ0) is 24.3. The Morgan fingerprint density at radius 3 is 2.18 bits per heavy atom. The van der Waals surface area contributed by atoms with Crippen LogP contribution in [-0.2, 0) is 5.41 Å². The fourth-order valence-electron chi connectivity index (χ4n) is 4.24. The Kier molecular flexibility index (Phi) is 6.99. The van der Waals surface area contributed by atoms with Crippen LogP contribution in [0.5, 0.6) is 5.75 Å². The van der Waals surface area contributed by atoms with Crippen molar-refractivity contribution < 1.29 is 4.74 Å². The molecule has 0 saturated carbocycles. The van der Waals surface area contributed by atoms with Crippen molar-refractivity contribution >= 4 is 23.3 Å². The number of nitriles is 1. The maximum absolute atomic E-state index is 10.1. The van der Waals surface area contributed by atoms with Crippen LogP contribution in [0.25, 0.3) is 11.3 Å². The van der Waals surface area contributed by atoms with E-state index >= 15 is 0 Å². The molecule has 0 bridgehead atoms. The van der Waals surface area contributed by atoms with E-state index in [2.05, 4.69) is 67.0 Å². The molecule has 1 fully saturated rings. The van der Waals surface area contributed by atoms with Crippen LogP contribution < -0.4 is 14.5 Å². The quantitative estimate of drug-likeness (QED) is 0.365. The van der Waals surface area contributed by atoms with Gasteiger partial charge in [-0.3, -0.25) is 0 Å². The monoisotopic (exact) mass is 473 g/mol. The fourth-order valence-corrected chi connectivity index (χ4v) is 4.60. The molecule has 0 unspecified atom stereocenters. The molecule has 1 aliphatic heterocycles. The Hall–Kier alpha value is -3.24. The number of rotatable bonds is 5. The van der Waals surface area contributed by atoms with Gasteiger partial charge >= 0.3 is 0 Å². The third kappa shape index (κ3) is 4.83. The number of ether oxygens (including phenoxy) is 1. The van der Waals surface area contributed by atoms with Gasteiger partial charge in [-0.15, -0.1) is 0 Å². The molecule has 0 atom stereocenters. The van der Waals surface area contributed by atoms with Gasteiger partial charge in [0, 0.05) is 31.7 Å². The lowest BCUT2D eigenvalue weighted by molar-refractivity contribution is 0.413. The zero-order valence-electron chi connectivity index (χ0n) is 20.5. The van der Waals surface area contributed by atoms with Crippen LogP contribution in [0.1, 0.15) is 31.9 Å². The van der Waals surface area contributed by atoms with E-state index < -0.39 is 0 Å². The topological polar surface area (TPSA) is 65.3 Å². The summed E-state index contributed by atoms with van der Waals surface area (Å²) in [5, 5.41) is 10.8. The molecule has 0 amide bonds. The summed E-state index contributed by atoms with van der Waals surface area (Å²) in [6.45, 7) is 9.75. The number of hydrogen-bond donors (Lipinski definition) is 0. The zero-order valence-corrected chi connectivity index (χ0v) is 21.3. The molecular weight excluding hydrogens is 442 g/mol. The lowest BCUT2D eigenvalue weighted by Crippen LogP contribution is -2.47. The normalized spacial score (nSPS) is 14.1. The van der Waals surface area contributed by atoms with E-state index in [1.165, 1.54) is 17.3 Å². The van der Waals surface area contributed by atoms with Crippen molar-refractivity contribution in [2.75, 3.05) is 49.3 Å². The third-order valence-electron chi connectivity index (χ3n) is 6.19.